The van der Waals surface area contributed by atoms with Crippen LogP contribution in [0, 0.1) is 0 Å². The summed E-state index contributed by atoms with van der Waals surface area (Å²) in [6.07, 6.45) is 3.43. The van der Waals surface area contributed by atoms with Gasteiger partial charge in [0.25, 0.3) is 0 Å². The molecule has 0 radical (unpaired) electrons. The van der Waals surface area contributed by atoms with E-state index in [2.05, 4.69) is 6.58 Å². The molecule has 4 heteroatoms. The van der Waals surface area contributed by atoms with Crippen LogP contribution in [0.2, 0.25) is 0 Å². The minimum absolute atomic E-state index is 0.385. The number of hydrogen-bond acceptors (Lipinski definition) is 4. The Labute approximate surface area is 169 Å². The zero-order chi connectivity index (χ0) is 20.4. The van der Waals surface area contributed by atoms with Gasteiger partial charge in [0.05, 0.1) is 18.9 Å². The molecule has 1 aliphatic heterocycles. The first-order chi connectivity index (χ1) is 14.1. The van der Waals surface area contributed by atoms with Crippen LogP contribution in [-0.4, -0.2) is 13.1 Å². The van der Waals surface area contributed by atoms with Crippen LogP contribution >= 0.6 is 0 Å². The van der Waals surface area contributed by atoms with Crippen molar-refractivity contribution in [3.8, 4) is 17.2 Å². The van der Waals surface area contributed by atoms with Crippen molar-refractivity contribution in [3.05, 3.63) is 100 Å². The average molecular weight is 384 g/mol. The molecule has 0 atom stereocenters. The molecule has 0 N–H and O–H groups in total. The second-order valence-corrected chi connectivity index (χ2v) is 6.59. The van der Waals surface area contributed by atoms with Crippen molar-refractivity contribution in [2.24, 2.45) is 0 Å². The number of rotatable bonds is 4. The summed E-state index contributed by atoms with van der Waals surface area (Å²) >= 11 is 0. The first-order valence-corrected chi connectivity index (χ1v) is 9.23. The Hall–Kier alpha value is -3.79. The molecule has 0 amide bonds. The molecular formula is C25H20O4. The molecule has 0 spiro atoms. The standard InChI is InChI=1S/C25H20O4/c1-4-13-28-17-10-12-21-23(15-17)29-22-14-16(2)9-11-20(22)24(21)18-7-5-6-8-19(18)25(26)27-3/h4-15H,2H2,1,3H3/b13-4+. The van der Waals surface area contributed by atoms with E-state index in [0.717, 1.165) is 27.1 Å². The second kappa shape index (κ2) is 7.68. The van der Waals surface area contributed by atoms with E-state index in [-0.39, 0.29) is 5.97 Å². The molecule has 3 aromatic carbocycles. The summed E-state index contributed by atoms with van der Waals surface area (Å²) in [7, 11) is 1.38. The highest BCUT2D eigenvalue weighted by molar-refractivity contribution is 5.99. The molecule has 4 rings (SSSR count). The van der Waals surface area contributed by atoms with Gasteiger partial charge in [-0.05, 0) is 42.0 Å². The number of ether oxygens (including phenoxy) is 3. The number of methoxy groups -OCH3 is 1. The van der Waals surface area contributed by atoms with E-state index >= 15 is 0 Å². The van der Waals surface area contributed by atoms with Crippen molar-refractivity contribution < 1.29 is 19.0 Å². The van der Waals surface area contributed by atoms with Crippen LogP contribution in [0.4, 0.5) is 0 Å². The fourth-order valence-electron chi connectivity index (χ4n) is 3.41. The van der Waals surface area contributed by atoms with Gasteiger partial charge in [0.15, 0.2) is 0 Å². The highest BCUT2D eigenvalue weighted by Crippen LogP contribution is 2.39. The molecule has 3 aromatic rings. The molecule has 4 nitrogen and oxygen atoms in total. The number of fused-ring (bicyclic) bond motifs is 2. The van der Waals surface area contributed by atoms with E-state index in [1.54, 1.807) is 12.3 Å². The third-order valence-corrected chi connectivity index (χ3v) is 4.70. The van der Waals surface area contributed by atoms with E-state index in [1.165, 1.54) is 7.11 Å². The van der Waals surface area contributed by atoms with Crippen molar-refractivity contribution in [3.63, 3.8) is 0 Å². The Morgan fingerprint density at radius 2 is 1.83 bits per heavy atom. The van der Waals surface area contributed by atoms with Crippen LogP contribution in [0.15, 0.2) is 73.0 Å². The first-order valence-electron chi connectivity index (χ1n) is 9.23. The maximum Gasteiger partial charge on any atom is 0.338 e. The summed E-state index contributed by atoms with van der Waals surface area (Å²) < 4.78 is 16.8. The lowest BCUT2D eigenvalue weighted by molar-refractivity contribution is 0.0600. The van der Waals surface area contributed by atoms with Crippen molar-refractivity contribution in [2.75, 3.05) is 7.11 Å². The van der Waals surface area contributed by atoms with E-state index < -0.39 is 0 Å². The van der Waals surface area contributed by atoms with Gasteiger partial charge in [-0.15, -0.1) is 0 Å². The van der Waals surface area contributed by atoms with Crippen LogP contribution in [0.1, 0.15) is 28.4 Å². The van der Waals surface area contributed by atoms with E-state index in [0.29, 0.717) is 22.8 Å². The summed E-state index contributed by atoms with van der Waals surface area (Å²) in [5, 5.41) is 1.73. The summed E-state index contributed by atoms with van der Waals surface area (Å²) in [5.41, 5.74) is 3.05. The van der Waals surface area contributed by atoms with Crippen molar-refractivity contribution in [1.82, 2.24) is 0 Å². The highest BCUT2D eigenvalue weighted by Gasteiger charge is 2.24. The highest BCUT2D eigenvalue weighted by atomic mass is 16.5. The second-order valence-electron chi connectivity index (χ2n) is 6.59. The maximum atomic E-state index is 12.4. The number of benzene rings is 3. The largest absolute Gasteiger partial charge is 0.465 e. The Balaban J connectivity index is 2.02. The van der Waals surface area contributed by atoms with Crippen molar-refractivity contribution in [2.45, 2.75) is 6.92 Å². The van der Waals surface area contributed by atoms with Crippen LogP contribution in [-0.2, 0) is 4.74 Å². The van der Waals surface area contributed by atoms with Gasteiger partial charge in [-0.25, -0.2) is 4.79 Å². The van der Waals surface area contributed by atoms with Crippen LogP contribution in [0.3, 0.4) is 0 Å². The molecule has 0 aliphatic carbocycles. The van der Waals surface area contributed by atoms with E-state index in [4.69, 9.17) is 14.2 Å². The summed E-state index contributed by atoms with van der Waals surface area (Å²) in [6.45, 7) is 5.89. The van der Waals surface area contributed by atoms with Crippen LogP contribution in [0.25, 0.3) is 12.2 Å². The predicted molar refractivity (Wildman–Crippen MR) is 113 cm³/mol. The molecule has 0 bridgehead atoms. The minimum atomic E-state index is -0.385. The molecule has 0 saturated carbocycles. The smallest absolute Gasteiger partial charge is 0.338 e. The lowest BCUT2D eigenvalue weighted by Gasteiger charge is -2.22. The molecule has 29 heavy (non-hydrogen) atoms. The minimum Gasteiger partial charge on any atom is -0.465 e. The lowest BCUT2D eigenvalue weighted by atomic mass is 9.89. The van der Waals surface area contributed by atoms with Crippen LogP contribution in [0.5, 0.6) is 17.2 Å². The normalized spacial score (nSPS) is 12.1. The average Bonchev–Trinajstić information content (AvgIpc) is 2.75. The monoisotopic (exact) mass is 384 g/mol. The molecule has 0 fully saturated rings. The molecule has 0 unspecified atom stereocenters. The molecule has 0 aromatic heterocycles. The predicted octanol–water partition coefficient (Wildman–Crippen LogP) is 4.15. The fraction of sp³-hybridized carbons (Fsp3) is 0.0800. The molecule has 0 saturated heterocycles. The Morgan fingerprint density at radius 3 is 2.62 bits per heavy atom. The Bertz CT molecular complexity index is 1240. The Kier molecular flexibility index (Phi) is 4.92. The number of carbonyl (C=O) groups is 1. The van der Waals surface area contributed by atoms with Gasteiger partial charge < -0.3 is 14.2 Å². The SMILES string of the molecule is C=c1ccc2c(c1)Oc1cc(O/C=C/C)ccc1C=2c1ccccc1C(=O)OC. The summed E-state index contributed by atoms with van der Waals surface area (Å²) in [6, 6.07) is 18.9. The van der Waals surface area contributed by atoms with Crippen LogP contribution < -0.4 is 19.9 Å². The van der Waals surface area contributed by atoms with Crippen molar-refractivity contribution >= 4 is 18.1 Å². The van der Waals surface area contributed by atoms with Crippen molar-refractivity contribution in [1.29, 1.82) is 0 Å². The maximum absolute atomic E-state index is 12.4. The van der Waals surface area contributed by atoms with Gasteiger partial charge in [0, 0.05) is 22.4 Å². The van der Waals surface area contributed by atoms with Gasteiger partial charge in [-0.3, -0.25) is 0 Å². The van der Waals surface area contributed by atoms with Gasteiger partial charge in [0.1, 0.15) is 17.2 Å². The third kappa shape index (κ3) is 3.41. The molecule has 144 valence electrons. The molecule has 1 aliphatic rings. The zero-order valence-corrected chi connectivity index (χ0v) is 16.3. The summed E-state index contributed by atoms with van der Waals surface area (Å²) in [5.74, 6) is 1.61. The van der Waals surface area contributed by atoms with Gasteiger partial charge in [-0.1, -0.05) is 43.0 Å². The summed E-state index contributed by atoms with van der Waals surface area (Å²) in [4.78, 5) is 12.4. The quantitative estimate of drug-likeness (QED) is 0.392. The van der Waals surface area contributed by atoms with Gasteiger partial charge >= 0.3 is 5.97 Å². The number of hydrogen-bond donors (Lipinski definition) is 0. The number of esters is 1. The lowest BCUT2D eigenvalue weighted by Crippen LogP contribution is -2.20. The zero-order valence-electron chi connectivity index (χ0n) is 16.3. The van der Waals surface area contributed by atoms with E-state index in [9.17, 15) is 4.79 Å². The fourth-order valence-corrected chi connectivity index (χ4v) is 3.41. The van der Waals surface area contributed by atoms with Gasteiger partial charge in [-0.2, -0.15) is 0 Å². The number of carbonyl (C=O) groups excluding carboxylic acids is 1. The topological polar surface area (TPSA) is 44.8 Å². The molecular weight excluding hydrogens is 364 g/mol. The molecule has 1 heterocycles. The third-order valence-electron chi connectivity index (χ3n) is 4.70. The van der Waals surface area contributed by atoms with Gasteiger partial charge in [0.2, 0.25) is 0 Å². The Morgan fingerprint density at radius 1 is 1.00 bits per heavy atom. The van der Waals surface area contributed by atoms with E-state index in [1.807, 2.05) is 67.6 Å². The number of allylic oxidation sites excluding steroid dienone is 1. The first kappa shape index (κ1) is 18.6.